The van der Waals surface area contributed by atoms with Crippen molar-refractivity contribution in [3.05, 3.63) is 85.3 Å². The maximum atomic E-state index is 12.6. The first-order chi connectivity index (χ1) is 12.0. The summed E-state index contributed by atoms with van der Waals surface area (Å²) in [4.78, 5) is 27.1. The van der Waals surface area contributed by atoms with Crippen LogP contribution in [0.2, 0.25) is 5.02 Å². The Morgan fingerprint density at radius 3 is 2.64 bits per heavy atom. The molecule has 2 aromatic carbocycles. The third-order valence-electron chi connectivity index (χ3n) is 3.59. The van der Waals surface area contributed by atoms with E-state index in [4.69, 9.17) is 11.6 Å². The predicted octanol–water partition coefficient (Wildman–Crippen LogP) is 3.79. The Balaban J connectivity index is 1.96. The molecule has 0 saturated heterocycles. The SMILES string of the molecule is Cc1[nH]n(-c2ccc(Cl)cc2)c(=O)c1C=Nc1cccc([N+](=O)[O-])c1. The second-order valence-electron chi connectivity index (χ2n) is 5.30. The predicted molar refractivity (Wildman–Crippen MR) is 96.5 cm³/mol. The lowest BCUT2D eigenvalue weighted by Gasteiger charge is -2.00. The average Bonchev–Trinajstić information content (AvgIpc) is 2.88. The normalized spacial score (nSPS) is 11.1. The lowest BCUT2D eigenvalue weighted by atomic mass is 10.2. The second kappa shape index (κ2) is 6.74. The van der Waals surface area contributed by atoms with Crippen molar-refractivity contribution >= 4 is 29.2 Å². The van der Waals surface area contributed by atoms with Gasteiger partial charge in [0.2, 0.25) is 0 Å². The van der Waals surface area contributed by atoms with Gasteiger partial charge in [-0.15, -0.1) is 0 Å². The molecule has 0 saturated carbocycles. The molecule has 0 aliphatic heterocycles. The number of hydrogen-bond acceptors (Lipinski definition) is 4. The summed E-state index contributed by atoms with van der Waals surface area (Å²) in [5.74, 6) is 0. The highest BCUT2D eigenvalue weighted by atomic mass is 35.5. The van der Waals surface area contributed by atoms with E-state index in [9.17, 15) is 14.9 Å². The van der Waals surface area contributed by atoms with Crippen LogP contribution in [-0.4, -0.2) is 20.9 Å². The Labute approximate surface area is 147 Å². The molecular formula is C17H13ClN4O3. The van der Waals surface area contributed by atoms with Crippen molar-refractivity contribution in [1.82, 2.24) is 9.78 Å². The van der Waals surface area contributed by atoms with Gasteiger partial charge in [-0.1, -0.05) is 17.7 Å². The van der Waals surface area contributed by atoms with E-state index in [1.807, 2.05) is 0 Å². The summed E-state index contributed by atoms with van der Waals surface area (Å²) in [6, 6.07) is 12.7. The van der Waals surface area contributed by atoms with Crippen LogP contribution in [0.15, 0.2) is 58.3 Å². The zero-order valence-corrected chi connectivity index (χ0v) is 13.9. The molecule has 0 atom stereocenters. The lowest BCUT2D eigenvalue weighted by molar-refractivity contribution is -0.384. The fraction of sp³-hybridized carbons (Fsp3) is 0.0588. The van der Waals surface area contributed by atoms with Crippen molar-refractivity contribution in [3.63, 3.8) is 0 Å². The number of nitro groups is 1. The molecule has 0 fully saturated rings. The molecule has 0 spiro atoms. The molecule has 0 unspecified atom stereocenters. The van der Waals surface area contributed by atoms with E-state index < -0.39 is 4.92 Å². The van der Waals surface area contributed by atoms with E-state index in [1.165, 1.54) is 23.0 Å². The molecule has 3 aromatic rings. The van der Waals surface area contributed by atoms with Crippen LogP contribution in [0.1, 0.15) is 11.3 Å². The van der Waals surface area contributed by atoms with Crippen molar-refractivity contribution < 1.29 is 4.92 Å². The van der Waals surface area contributed by atoms with Crippen LogP contribution in [-0.2, 0) is 0 Å². The topological polar surface area (TPSA) is 93.3 Å². The zero-order valence-electron chi connectivity index (χ0n) is 13.1. The van der Waals surface area contributed by atoms with Gasteiger partial charge < -0.3 is 0 Å². The van der Waals surface area contributed by atoms with Crippen LogP contribution in [0.25, 0.3) is 5.69 Å². The first-order valence-electron chi connectivity index (χ1n) is 7.32. The number of nitrogens with zero attached hydrogens (tertiary/aromatic N) is 3. The number of aliphatic imine (C=N–C) groups is 1. The second-order valence-corrected chi connectivity index (χ2v) is 5.74. The van der Waals surface area contributed by atoms with E-state index in [2.05, 4.69) is 10.1 Å². The molecule has 0 aliphatic rings. The number of aryl methyl sites for hydroxylation is 1. The molecule has 126 valence electrons. The summed E-state index contributed by atoms with van der Waals surface area (Å²) in [5.41, 5.74) is 1.73. The highest BCUT2D eigenvalue weighted by molar-refractivity contribution is 6.30. The Hall–Kier alpha value is -3.19. The summed E-state index contributed by atoms with van der Waals surface area (Å²) in [7, 11) is 0. The molecule has 1 aromatic heterocycles. The number of nitro benzene ring substituents is 1. The summed E-state index contributed by atoms with van der Waals surface area (Å²) in [5, 5.41) is 14.4. The number of aromatic amines is 1. The molecule has 3 rings (SSSR count). The molecule has 8 heteroatoms. The Kier molecular flexibility index (Phi) is 4.49. The zero-order chi connectivity index (χ0) is 18.0. The number of halogens is 1. The van der Waals surface area contributed by atoms with E-state index in [-0.39, 0.29) is 11.2 Å². The Bertz CT molecular complexity index is 1020. The number of rotatable bonds is 4. The highest BCUT2D eigenvalue weighted by Gasteiger charge is 2.11. The number of non-ortho nitro benzene ring substituents is 1. The lowest BCUT2D eigenvalue weighted by Crippen LogP contribution is -2.17. The molecule has 7 nitrogen and oxygen atoms in total. The molecule has 0 bridgehead atoms. The summed E-state index contributed by atoms with van der Waals surface area (Å²) in [6.07, 6.45) is 1.40. The summed E-state index contributed by atoms with van der Waals surface area (Å²) in [6.45, 7) is 1.75. The number of H-pyrrole nitrogens is 1. The quantitative estimate of drug-likeness (QED) is 0.438. The number of hydrogen-bond donors (Lipinski definition) is 1. The van der Waals surface area contributed by atoms with Crippen LogP contribution in [0.3, 0.4) is 0 Å². The van der Waals surface area contributed by atoms with Crippen LogP contribution >= 0.6 is 11.6 Å². The van der Waals surface area contributed by atoms with Crippen molar-refractivity contribution in [1.29, 1.82) is 0 Å². The highest BCUT2D eigenvalue weighted by Crippen LogP contribution is 2.19. The fourth-order valence-corrected chi connectivity index (χ4v) is 2.44. The van der Waals surface area contributed by atoms with Crippen LogP contribution < -0.4 is 5.56 Å². The molecule has 0 radical (unpaired) electrons. The van der Waals surface area contributed by atoms with Gasteiger partial charge in [-0.05, 0) is 37.3 Å². The van der Waals surface area contributed by atoms with Crippen LogP contribution in [0.4, 0.5) is 11.4 Å². The van der Waals surface area contributed by atoms with E-state index >= 15 is 0 Å². The summed E-state index contributed by atoms with van der Waals surface area (Å²) >= 11 is 5.86. The van der Waals surface area contributed by atoms with E-state index in [0.29, 0.717) is 27.7 Å². The molecule has 25 heavy (non-hydrogen) atoms. The molecule has 1 N–H and O–H groups in total. The standard InChI is InChI=1S/C17H13ClN4O3/c1-11-16(10-19-13-3-2-4-15(9-13)22(24)25)17(23)21(20-11)14-7-5-12(18)6-8-14/h2-10,20H,1H3. The first-order valence-corrected chi connectivity index (χ1v) is 7.69. The molecule has 1 heterocycles. The maximum Gasteiger partial charge on any atom is 0.280 e. The van der Waals surface area contributed by atoms with Gasteiger partial charge in [0.25, 0.3) is 11.2 Å². The van der Waals surface area contributed by atoms with Gasteiger partial charge in [0.15, 0.2) is 0 Å². The Morgan fingerprint density at radius 1 is 1.24 bits per heavy atom. The van der Waals surface area contributed by atoms with Gasteiger partial charge in [0.05, 0.1) is 21.9 Å². The van der Waals surface area contributed by atoms with E-state index in [1.54, 1.807) is 43.3 Å². The third kappa shape index (κ3) is 3.51. The van der Waals surface area contributed by atoms with Gasteiger partial charge >= 0.3 is 0 Å². The average molecular weight is 357 g/mol. The number of benzene rings is 2. The van der Waals surface area contributed by atoms with Gasteiger partial charge in [-0.25, -0.2) is 4.68 Å². The molecule has 0 aliphatic carbocycles. The van der Waals surface area contributed by atoms with Gasteiger partial charge in [0.1, 0.15) is 0 Å². The minimum atomic E-state index is -0.492. The van der Waals surface area contributed by atoms with E-state index in [0.717, 1.165) is 0 Å². The van der Waals surface area contributed by atoms with Crippen molar-refractivity contribution in [2.75, 3.05) is 0 Å². The largest absolute Gasteiger partial charge is 0.295 e. The third-order valence-corrected chi connectivity index (χ3v) is 3.84. The van der Waals surface area contributed by atoms with Crippen LogP contribution in [0, 0.1) is 17.0 Å². The molecular weight excluding hydrogens is 344 g/mol. The Morgan fingerprint density at radius 2 is 1.96 bits per heavy atom. The number of aromatic nitrogens is 2. The van der Waals surface area contributed by atoms with Gasteiger partial charge in [0, 0.05) is 29.1 Å². The first kappa shape index (κ1) is 16.7. The van der Waals surface area contributed by atoms with Gasteiger partial charge in [-0.3, -0.25) is 25.0 Å². The smallest absolute Gasteiger partial charge is 0.280 e. The fourth-order valence-electron chi connectivity index (χ4n) is 2.31. The minimum absolute atomic E-state index is 0.0565. The van der Waals surface area contributed by atoms with Crippen molar-refractivity contribution in [3.8, 4) is 5.69 Å². The maximum absolute atomic E-state index is 12.6. The summed E-state index contributed by atoms with van der Waals surface area (Å²) < 4.78 is 1.39. The molecule has 0 amide bonds. The number of nitrogens with one attached hydrogen (secondary N) is 1. The monoisotopic (exact) mass is 356 g/mol. The van der Waals surface area contributed by atoms with Gasteiger partial charge in [-0.2, -0.15) is 0 Å². The van der Waals surface area contributed by atoms with Crippen LogP contribution in [0.5, 0.6) is 0 Å². The minimum Gasteiger partial charge on any atom is -0.295 e. The van der Waals surface area contributed by atoms with Crippen molar-refractivity contribution in [2.45, 2.75) is 6.92 Å². The van der Waals surface area contributed by atoms with Crippen molar-refractivity contribution in [2.24, 2.45) is 4.99 Å².